The maximum atomic E-state index is 3.34. The number of benzene rings is 3. The van der Waals surface area contributed by atoms with E-state index in [-0.39, 0.29) is 10.8 Å². The third kappa shape index (κ3) is 12.7. The second-order valence-corrected chi connectivity index (χ2v) is 14.7. The van der Waals surface area contributed by atoms with E-state index in [0.29, 0.717) is 11.8 Å². The fraction of sp³-hybridized carbons (Fsp3) is 0.409. The van der Waals surface area contributed by atoms with Gasteiger partial charge in [-0.15, -0.1) is 39.7 Å². The molecule has 1 fully saturated rings. The van der Waals surface area contributed by atoms with Gasteiger partial charge in [-0.1, -0.05) is 129 Å². The van der Waals surface area contributed by atoms with Gasteiger partial charge in [0.2, 0.25) is 0 Å². The van der Waals surface area contributed by atoms with Crippen molar-refractivity contribution in [3.63, 3.8) is 0 Å². The second kappa shape index (κ2) is 18.7. The summed E-state index contributed by atoms with van der Waals surface area (Å²) in [4.78, 5) is 0. The third-order valence-corrected chi connectivity index (χ3v) is 8.23. The monoisotopic (exact) mass is 676 g/mol. The molecule has 1 saturated carbocycles. The zero-order valence-corrected chi connectivity index (χ0v) is 32.4. The van der Waals surface area contributed by atoms with Crippen molar-refractivity contribution in [2.75, 3.05) is 0 Å². The van der Waals surface area contributed by atoms with Crippen LogP contribution in [0.25, 0.3) is 21.5 Å². The summed E-state index contributed by atoms with van der Waals surface area (Å²) in [5.41, 5.74) is 5.99. The summed E-state index contributed by atoms with van der Waals surface area (Å²) < 4.78 is 3.34. The van der Waals surface area contributed by atoms with Crippen LogP contribution in [-0.2, 0) is 35.1 Å². The van der Waals surface area contributed by atoms with Crippen LogP contribution >= 0.6 is 0 Å². The molecule has 1 aliphatic carbocycles. The van der Waals surface area contributed by atoms with Crippen LogP contribution in [0.5, 0.6) is 0 Å². The van der Waals surface area contributed by atoms with Crippen molar-refractivity contribution in [3.8, 4) is 0 Å². The number of fused-ring (bicyclic) bond motifs is 3. The van der Waals surface area contributed by atoms with Crippen LogP contribution in [0.1, 0.15) is 129 Å². The van der Waals surface area contributed by atoms with Gasteiger partial charge in [-0.3, -0.25) is 0 Å². The minimum Gasteiger partial charge on any atom is -0.214 e. The Morgan fingerprint density at radius 2 is 1.09 bits per heavy atom. The van der Waals surface area contributed by atoms with E-state index in [0.717, 1.165) is 0 Å². The summed E-state index contributed by atoms with van der Waals surface area (Å²) in [6, 6.07) is 35.8. The molecule has 1 aliphatic rings. The van der Waals surface area contributed by atoms with Gasteiger partial charge in [0.1, 0.15) is 0 Å². The number of hydrogen-bond donors (Lipinski definition) is 0. The van der Waals surface area contributed by atoms with E-state index in [9.17, 15) is 0 Å². The van der Waals surface area contributed by atoms with Gasteiger partial charge in [-0.05, 0) is 10.8 Å². The smallest absolute Gasteiger partial charge is 0.172 e. The van der Waals surface area contributed by atoms with Crippen molar-refractivity contribution in [3.05, 3.63) is 126 Å². The molecule has 1 heteroatoms. The van der Waals surface area contributed by atoms with Gasteiger partial charge in [-0.25, -0.2) is 12.1 Å². The average molecular weight is 678 g/mol. The van der Waals surface area contributed by atoms with Crippen LogP contribution in [-0.4, -0.2) is 4.21 Å². The zero-order chi connectivity index (χ0) is 33.6. The van der Waals surface area contributed by atoms with Crippen LogP contribution in [0.3, 0.4) is 0 Å². The van der Waals surface area contributed by atoms with Crippen LogP contribution in [0, 0.1) is 12.5 Å². The maximum Gasteiger partial charge on any atom is -0.172 e. The Balaban J connectivity index is 0.000000245. The van der Waals surface area contributed by atoms with Crippen molar-refractivity contribution in [2.45, 2.75) is 118 Å². The van der Waals surface area contributed by atoms with E-state index in [2.05, 4.69) is 147 Å². The molecular weight excluding hydrogens is 620 g/mol. The summed E-state index contributed by atoms with van der Waals surface area (Å²) in [6.45, 7) is 22.5. The van der Waals surface area contributed by atoms with E-state index in [4.69, 9.17) is 0 Å². The van der Waals surface area contributed by atoms with Crippen LogP contribution < -0.4 is 0 Å². The quantitative estimate of drug-likeness (QED) is 0.163. The van der Waals surface area contributed by atoms with Gasteiger partial charge in [0.15, 0.2) is 0 Å². The topological polar surface area (TPSA) is 0 Å². The molecule has 0 aliphatic heterocycles. The molecule has 5 aromatic rings. The van der Waals surface area contributed by atoms with E-state index in [1.54, 1.807) is 0 Å². The first-order valence-corrected chi connectivity index (χ1v) is 18.5. The summed E-state index contributed by atoms with van der Waals surface area (Å²) in [5, 5.41) is 5.48. The average Bonchev–Trinajstić information content (AvgIpc) is 3.82. The van der Waals surface area contributed by atoms with Crippen molar-refractivity contribution < 1.29 is 24.2 Å². The van der Waals surface area contributed by atoms with Gasteiger partial charge in [-0.2, -0.15) is 66.4 Å². The first kappa shape index (κ1) is 38.8. The Kier molecular flexibility index (Phi) is 16.1. The summed E-state index contributed by atoms with van der Waals surface area (Å²) in [6.07, 6.45) is 8.00. The Labute approximate surface area is 291 Å². The van der Waals surface area contributed by atoms with Gasteiger partial charge in [0.05, 0.1) is 0 Å². The van der Waals surface area contributed by atoms with Crippen LogP contribution in [0.2, 0.25) is 0 Å². The molecule has 0 radical (unpaired) electrons. The third-order valence-electron chi connectivity index (χ3n) is 8.23. The van der Waals surface area contributed by atoms with Crippen molar-refractivity contribution >= 4 is 25.8 Å². The standard InChI is InChI=1S/C21H25.C12H17.C5H9.C5H5.CH2.Zr/c1-20(2,3)16-7-9-18-14(12-16)11-15-13-17(21(4,5)6)8-10-19(15)18;1-9(2)11-6-5-7-12(8-11)10(3)4;2*1-2-4-5-3-1;;/h7-13H,1-6H3;6-10H,1-4H3;1H,2-5H2;1-5H;1H2;/q4*-1;;. The number of rotatable bonds is 2. The molecule has 0 N–H and O–H groups in total. The van der Waals surface area contributed by atoms with Crippen molar-refractivity contribution in [1.82, 2.24) is 0 Å². The minimum absolute atomic E-state index is 0.203. The molecule has 0 aromatic heterocycles. The van der Waals surface area contributed by atoms with Gasteiger partial charge < -0.3 is 6.42 Å². The first-order valence-electron chi connectivity index (χ1n) is 16.8. The first-order chi connectivity index (χ1) is 21.3. The molecule has 0 nitrogen and oxygen atoms in total. The maximum absolute atomic E-state index is 3.34. The Hall–Kier alpha value is -2.37. The molecule has 242 valence electrons. The van der Waals surface area contributed by atoms with E-state index in [1.807, 2.05) is 30.3 Å². The Morgan fingerprint density at radius 1 is 0.667 bits per heavy atom. The Morgan fingerprint density at radius 3 is 1.38 bits per heavy atom. The van der Waals surface area contributed by atoms with Crippen LogP contribution in [0.15, 0.2) is 91.0 Å². The molecule has 0 spiro atoms. The largest absolute Gasteiger partial charge is 0.214 e. The van der Waals surface area contributed by atoms with Gasteiger partial charge in [0.25, 0.3) is 0 Å². The fourth-order valence-corrected chi connectivity index (χ4v) is 5.17. The minimum atomic E-state index is 0.203. The summed E-state index contributed by atoms with van der Waals surface area (Å²) >= 11 is 1.30. The van der Waals surface area contributed by atoms with Crippen molar-refractivity contribution in [2.24, 2.45) is 0 Å². The van der Waals surface area contributed by atoms with Gasteiger partial charge >= 0.3 is 28.4 Å². The van der Waals surface area contributed by atoms with E-state index in [1.165, 1.54) is 93.7 Å². The molecular formula is C44H58Zr-4. The molecule has 45 heavy (non-hydrogen) atoms. The normalized spacial score (nSPS) is 12.8. The molecule has 0 heterocycles. The zero-order valence-electron chi connectivity index (χ0n) is 29.9. The summed E-state index contributed by atoms with van der Waals surface area (Å²) in [7, 11) is 0. The number of hydrogen-bond acceptors (Lipinski definition) is 0. The molecule has 0 unspecified atom stereocenters. The van der Waals surface area contributed by atoms with E-state index < -0.39 is 0 Å². The van der Waals surface area contributed by atoms with Crippen LogP contribution in [0.4, 0.5) is 0 Å². The fourth-order valence-electron chi connectivity index (χ4n) is 5.17. The molecule has 0 atom stereocenters. The SMILES string of the molecule is CC(C)(C)c1ccc2c(c1)[cH-]c1cc(C(C)(C)C)ccc12.CC(C)c1c[c-]cc(C(C)C)c1.[CH-]1CCCC1.[CH2]=[Zr].c1cc[cH-]c1. The molecule has 5 aromatic carbocycles. The molecule has 0 amide bonds. The van der Waals surface area contributed by atoms with Crippen molar-refractivity contribution in [1.29, 1.82) is 0 Å². The summed E-state index contributed by atoms with van der Waals surface area (Å²) in [5.74, 6) is 1.22. The van der Waals surface area contributed by atoms with E-state index >= 15 is 0 Å². The molecule has 6 rings (SSSR count). The molecule has 0 saturated heterocycles. The second-order valence-electron chi connectivity index (χ2n) is 14.7. The predicted molar refractivity (Wildman–Crippen MR) is 200 cm³/mol. The predicted octanol–water partition coefficient (Wildman–Crippen LogP) is 13.2. The Bertz CT molecular complexity index is 1390. The molecule has 0 bridgehead atoms. The van der Waals surface area contributed by atoms with Gasteiger partial charge in [0, 0.05) is 0 Å².